The molecule has 0 aliphatic heterocycles. The zero-order chi connectivity index (χ0) is 12.2. The molecule has 18 heavy (non-hydrogen) atoms. The fraction of sp³-hybridized carbons (Fsp3) is 0.267. The van der Waals surface area contributed by atoms with E-state index in [9.17, 15) is 0 Å². The molecule has 0 bridgehead atoms. The molecule has 0 fully saturated rings. The van der Waals surface area contributed by atoms with E-state index in [2.05, 4.69) is 34.5 Å². The molecular weight excluding hydrogens is 224 g/mol. The van der Waals surface area contributed by atoms with Gasteiger partial charge >= 0.3 is 0 Å². The third-order valence-electron chi connectivity index (χ3n) is 3.17. The van der Waals surface area contributed by atoms with Crippen LogP contribution in [0.4, 0.5) is 0 Å². The predicted octanol–water partition coefficient (Wildman–Crippen LogP) is 3.56. The molecule has 1 atom stereocenters. The zero-order valence-electron chi connectivity index (χ0n) is 10.2. The molecule has 1 aliphatic carbocycles. The van der Waals surface area contributed by atoms with Gasteiger partial charge in [-0.1, -0.05) is 36.4 Å². The van der Waals surface area contributed by atoms with E-state index in [1.807, 2.05) is 24.4 Å². The van der Waals surface area contributed by atoms with Crippen LogP contribution in [0, 0.1) is 0 Å². The molecule has 0 spiro atoms. The Hall–Kier alpha value is -2.03. The summed E-state index contributed by atoms with van der Waals surface area (Å²) in [6.45, 7) is 0. The van der Waals surface area contributed by atoms with Gasteiger partial charge in [0, 0.05) is 0 Å². The van der Waals surface area contributed by atoms with Gasteiger partial charge in [0.1, 0.15) is 6.10 Å². The van der Waals surface area contributed by atoms with Crippen molar-refractivity contribution >= 4 is 0 Å². The van der Waals surface area contributed by atoms with E-state index in [-0.39, 0.29) is 6.10 Å². The summed E-state index contributed by atoms with van der Waals surface area (Å²) >= 11 is 0. The van der Waals surface area contributed by atoms with Crippen LogP contribution in [0.15, 0.2) is 48.7 Å². The number of nitrogens with one attached hydrogen (secondary N) is 1. The van der Waals surface area contributed by atoms with E-state index in [4.69, 9.17) is 4.74 Å². The van der Waals surface area contributed by atoms with Gasteiger partial charge in [-0.3, -0.25) is 0 Å². The molecule has 0 saturated heterocycles. The number of rotatable bonds is 3. The summed E-state index contributed by atoms with van der Waals surface area (Å²) in [6.07, 6.45) is 9.73. The fourth-order valence-corrected chi connectivity index (χ4v) is 2.22. The summed E-state index contributed by atoms with van der Waals surface area (Å²) in [5, 5.41) is 7.04. The van der Waals surface area contributed by atoms with Crippen molar-refractivity contribution in [3.8, 4) is 17.0 Å². The molecule has 0 amide bonds. The van der Waals surface area contributed by atoms with Crippen molar-refractivity contribution < 1.29 is 4.74 Å². The maximum absolute atomic E-state index is 5.98. The van der Waals surface area contributed by atoms with Crippen LogP contribution in [-0.4, -0.2) is 16.3 Å². The van der Waals surface area contributed by atoms with Crippen LogP contribution in [0.3, 0.4) is 0 Å². The molecule has 1 unspecified atom stereocenters. The number of aromatic amines is 1. The van der Waals surface area contributed by atoms with Gasteiger partial charge in [-0.15, -0.1) is 0 Å². The second-order valence-corrected chi connectivity index (χ2v) is 4.49. The first-order valence-electron chi connectivity index (χ1n) is 6.35. The average Bonchev–Trinajstić information content (AvgIpc) is 2.89. The Kier molecular flexibility index (Phi) is 3.13. The molecule has 92 valence electrons. The van der Waals surface area contributed by atoms with E-state index in [0.717, 1.165) is 29.8 Å². The zero-order valence-corrected chi connectivity index (χ0v) is 10.2. The van der Waals surface area contributed by atoms with Gasteiger partial charge in [-0.2, -0.15) is 5.10 Å². The third-order valence-corrected chi connectivity index (χ3v) is 3.17. The Labute approximate surface area is 106 Å². The van der Waals surface area contributed by atoms with Crippen LogP contribution in [0.25, 0.3) is 11.1 Å². The van der Waals surface area contributed by atoms with Crippen LogP contribution < -0.4 is 4.74 Å². The van der Waals surface area contributed by atoms with E-state index in [0.29, 0.717) is 0 Å². The van der Waals surface area contributed by atoms with E-state index in [1.54, 1.807) is 0 Å². The van der Waals surface area contributed by atoms with Crippen LogP contribution >= 0.6 is 0 Å². The molecule has 3 rings (SSSR count). The Morgan fingerprint density at radius 2 is 2.11 bits per heavy atom. The molecule has 1 aliphatic rings. The number of aromatic nitrogens is 2. The molecule has 3 nitrogen and oxygen atoms in total. The highest BCUT2D eigenvalue weighted by molar-refractivity contribution is 5.67. The number of H-pyrrole nitrogens is 1. The molecule has 1 N–H and O–H groups in total. The van der Waals surface area contributed by atoms with Crippen molar-refractivity contribution in [2.75, 3.05) is 0 Å². The molecule has 1 aromatic heterocycles. The third kappa shape index (κ3) is 2.30. The van der Waals surface area contributed by atoms with Gasteiger partial charge in [0.25, 0.3) is 0 Å². The van der Waals surface area contributed by atoms with Gasteiger partial charge in [0.2, 0.25) is 5.88 Å². The van der Waals surface area contributed by atoms with Crippen LogP contribution in [0.1, 0.15) is 19.3 Å². The lowest BCUT2D eigenvalue weighted by atomic mass is 10.1. The number of ether oxygens (including phenoxy) is 1. The predicted molar refractivity (Wildman–Crippen MR) is 71.4 cm³/mol. The van der Waals surface area contributed by atoms with Crippen LogP contribution in [-0.2, 0) is 0 Å². The Morgan fingerprint density at radius 1 is 1.22 bits per heavy atom. The summed E-state index contributed by atoms with van der Waals surface area (Å²) in [7, 11) is 0. The van der Waals surface area contributed by atoms with E-state index < -0.39 is 0 Å². The molecule has 3 heteroatoms. The first-order chi connectivity index (χ1) is 8.93. The van der Waals surface area contributed by atoms with Crippen molar-refractivity contribution in [1.29, 1.82) is 0 Å². The molecule has 0 saturated carbocycles. The Balaban J connectivity index is 1.83. The number of allylic oxidation sites excluding steroid dienone is 1. The normalized spacial score (nSPS) is 18.8. The second-order valence-electron chi connectivity index (χ2n) is 4.49. The topological polar surface area (TPSA) is 37.9 Å². The largest absolute Gasteiger partial charge is 0.470 e. The van der Waals surface area contributed by atoms with Crippen molar-refractivity contribution in [2.45, 2.75) is 25.4 Å². The number of hydrogen-bond donors (Lipinski definition) is 1. The lowest BCUT2D eigenvalue weighted by Gasteiger charge is -2.18. The first-order valence-corrected chi connectivity index (χ1v) is 6.35. The highest BCUT2D eigenvalue weighted by atomic mass is 16.5. The minimum absolute atomic E-state index is 0.168. The summed E-state index contributed by atoms with van der Waals surface area (Å²) in [5.74, 6) is 0.762. The summed E-state index contributed by atoms with van der Waals surface area (Å²) < 4.78 is 5.98. The highest BCUT2D eigenvalue weighted by Gasteiger charge is 2.14. The maximum Gasteiger partial charge on any atom is 0.217 e. The Morgan fingerprint density at radius 3 is 2.89 bits per heavy atom. The van der Waals surface area contributed by atoms with Gasteiger partial charge in [-0.05, 0) is 30.9 Å². The monoisotopic (exact) mass is 240 g/mol. The fourth-order valence-electron chi connectivity index (χ4n) is 2.22. The SMILES string of the molecule is C1=CC(Oc2[nH]ncc2-c2ccccc2)CCC1. The van der Waals surface area contributed by atoms with E-state index >= 15 is 0 Å². The molecular formula is C15H16N2O. The van der Waals surface area contributed by atoms with Gasteiger partial charge < -0.3 is 4.74 Å². The van der Waals surface area contributed by atoms with Gasteiger partial charge in [-0.25, -0.2) is 5.10 Å². The second kappa shape index (κ2) is 5.08. The van der Waals surface area contributed by atoms with Crippen molar-refractivity contribution in [1.82, 2.24) is 10.2 Å². The minimum Gasteiger partial charge on any atom is -0.470 e. The molecule has 2 aromatic rings. The quantitative estimate of drug-likeness (QED) is 0.833. The standard InChI is InChI=1S/C15H16N2O/c1-3-7-12(8-4-1)14-11-16-17-15(14)18-13-9-5-2-6-10-13/h1,3-5,7-9,11,13H,2,6,10H2,(H,16,17). The number of hydrogen-bond acceptors (Lipinski definition) is 2. The summed E-state index contributed by atoms with van der Waals surface area (Å²) in [5.41, 5.74) is 2.15. The van der Waals surface area contributed by atoms with Crippen molar-refractivity contribution in [3.63, 3.8) is 0 Å². The lowest BCUT2D eigenvalue weighted by Crippen LogP contribution is -2.16. The summed E-state index contributed by atoms with van der Waals surface area (Å²) in [4.78, 5) is 0. The summed E-state index contributed by atoms with van der Waals surface area (Å²) in [6, 6.07) is 10.2. The number of nitrogens with zero attached hydrogens (tertiary/aromatic N) is 1. The average molecular weight is 240 g/mol. The highest BCUT2D eigenvalue weighted by Crippen LogP contribution is 2.29. The number of benzene rings is 1. The minimum atomic E-state index is 0.168. The smallest absolute Gasteiger partial charge is 0.217 e. The molecule has 0 radical (unpaired) electrons. The molecule has 1 aromatic carbocycles. The maximum atomic E-state index is 5.98. The van der Waals surface area contributed by atoms with E-state index in [1.165, 1.54) is 6.42 Å². The first kappa shape index (κ1) is 11.1. The van der Waals surface area contributed by atoms with Crippen LogP contribution in [0.2, 0.25) is 0 Å². The van der Waals surface area contributed by atoms with Gasteiger partial charge in [0.15, 0.2) is 0 Å². The lowest BCUT2D eigenvalue weighted by molar-refractivity contribution is 0.221. The van der Waals surface area contributed by atoms with Crippen LogP contribution in [0.5, 0.6) is 5.88 Å². The Bertz CT molecular complexity index is 530. The molecule has 1 heterocycles. The van der Waals surface area contributed by atoms with Crippen molar-refractivity contribution in [2.24, 2.45) is 0 Å². The van der Waals surface area contributed by atoms with Crippen molar-refractivity contribution in [3.05, 3.63) is 48.7 Å². The van der Waals surface area contributed by atoms with Gasteiger partial charge in [0.05, 0.1) is 11.8 Å².